The molecule has 2 heterocycles. The highest BCUT2D eigenvalue weighted by Crippen LogP contribution is 2.25. The number of benzene rings is 1. The number of rotatable bonds is 4. The summed E-state index contributed by atoms with van der Waals surface area (Å²) in [6.07, 6.45) is 1.74. The quantitative estimate of drug-likeness (QED) is 0.941. The molecule has 22 heavy (non-hydrogen) atoms. The molecule has 118 valence electrons. The summed E-state index contributed by atoms with van der Waals surface area (Å²) >= 11 is 0. The Labute approximate surface area is 130 Å². The van der Waals surface area contributed by atoms with Crippen LogP contribution >= 0.6 is 0 Å². The molecule has 0 aliphatic carbocycles. The number of nitrogens with zero attached hydrogens (tertiary/aromatic N) is 2. The van der Waals surface area contributed by atoms with Crippen LogP contribution in [0, 0.1) is 0 Å². The van der Waals surface area contributed by atoms with E-state index in [4.69, 9.17) is 9.15 Å². The number of aliphatic hydroxyl groups is 1. The van der Waals surface area contributed by atoms with Crippen LogP contribution in [0.1, 0.15) is 42.5 Å². The summed E-state index contributed by atoms with van der Waals surface area (Å²) < 4.78 is 11.3. The predicted molar refractivity (Wildman–Crippen MR) is 82.6 cm³/mol. The van der Waals surface area contributed by atoms with Gasteiger partial charge in [-0.3, -0.25) is 4.90 Å². The van der Waals surface area contributed by atoms with Gasteiger partial charge in [0, 0.05) is 31.1 Å². The predicted octanol–water partition coefficient (Wildman–Crippen LogP) is 2.68. The Morgan fingerprint density at radius 2 is 2.23 bits per heavy atom. The fourth-order valence-corrected chi connectivity index (χ4v) is 2.62. The fourth-order valence-electron chi connectivity index (χ4n) is 2.62. The number of oxazole rings is 1. The lowest BCUT2D eigenvalue weighted by Gasteiger charge is -2.17. The monoisotopic (exact) mass is 302 g/mol. The number of hydrogen-bond acceptors (Lipinski definition) is 5. The molecule has 0 spiro atoms. The Bertz CT molecular complexity index is 637. The Hall–Kier alpha value is -1.85. The van der Waals surface area contributed by atoms with E-state index in [-0.39, 0.29) is 6.61 Å². The van der Waals surface area contributed by atoms with Gasteiger partial charge in [0.25, 0.3) is 0 Å². The summed E-state index contributed by atoms with van der Waals surface area (Å²) in [5.74, 6) is 1.99. The van der Waals surface area contributed by atoms with Gasteiger partial charge in [-0.05, 0) is 17.7 Å². The number of aliphatic hydroxyl groups excluding tert-OH is 1. The van der Waals surface area contributed by atoms with Crippen LogP contribution in [-0.2, 0) is 19.7 Å². The van der Waals surface area contributed by atoms with Gasteiger partial charge in [0.15, 0.2) is 5.89 Å². The van der Waals surface area contributed by atoms with Gasteiger partial charge in [0.1, 0.15) is 18.6 Å². The first-order valence-electron chi connectivity index (χ1n) is 7.68. The molecule has 0 unspecified atom stereocenters. The second-order valence-corrected chi connectivity index (χ2v) is 5.99. The average Bonchev–Trinajstić information content (AvgIpc) is 2.88. The summed E-state index contributed by atoms with van der Waals surface area (Å²) in [5.41, 5.74) is 2.97. The van der Waals surface area contributed by atoms with E-state index in [1.807, 2.05) is 18.2 Å². The van der Waals surface area contributed by atoms with Crippen LogP contribution in [0.15, 0.2) is 28.9 Å². The van der Waals surface area contributed by atoms with Gasteiger partial charge in [0.05, 0.1) is 12.3 Å². The molecule has 1 aliphatic rings. The Kier molecular flexibility index (Phi) is 4.45. The van der Waals surface area contributed by atoms with Gasteiger partial charge in [-0.25, -0.2) is 4.98 Å². The highest BCUT2D eigenvalue weighted by atomic mass is 16.5. The maximum Gasteiger partial charge on any atom is 0.196 e. The van der Waals surface area contributed by atoms with E-state index in [2.05, 4.69) is 23.7 Å². The number of fused-ring (bicyclic) bond motifs is 1. The van der Waals surface area contributed by atoms with E-state index in [0.29, 0.717) is 12.5 Å². The third-order valence-electron chi connectivity index (χ3n) is 3.82. The zero-order valence-corrected chi connectivity index (χ0v) is 13.1. The molecule has 1 aliphatic heterocycles. The SMILES string of the molecule is CC(C)c1nc(CN2CCOc3ccc(CO)cc3C2)co1. The topological polar surface area (TPSA) is 58.7 Å². The van der Waals surface area contributed by atoms with E-state index in [1.54, 1.807) is 6.26 Å². The standard InChI is InChI=1S/C17H22N2O3/c1-12(2)17-18-15(11-22-17)9-19-5-6-21-16-4-3-13(10-20)7-14(16)8-19/h3-4,7,11-12,20H,5-6,8-10H2,1-2H3. The van der Waals surface area contributed by atoms with E-state index in [9.17, 15) is 5.11 Å². The minimum Gasteiger partial charge on any atom is -0.492 e. The van der Waals surface area contributed by atoms with Crippen molar-refractivity contribution in [3.05, 3.63) is 47.2 Å². The molecule has 0 saturated heterocycles. The number of hydrogen-bond donors (Lipinski definition) is 1. The van der Waals surface area contributed by atoms with Gasteiger partial charge in [-0.15, -0.1) is 0 Å². The lowest BCUT2D eigenvalue weighted by molar-refractivity contribution is 0.217. The van der Waals surface area contributed by atoms with Gasteiger partial charge in [0.2, 0.25) is 0 Å². The van der Waals surface area contributed by atoms with Gasteiger partial charge < -0.3 is 14.3 Å². The summed E-state index contributed by atoms with van der Waals surface area (Å²) in [6.45, 7) is 7.21. The van der Waals surface area contributed by atoms with Crippen molar-refractivity contribution in [3.8, 4) is 5.75 Å². The number of aromatic nitrogens is 1. The Balaban J connectivity index is 1.74. The largest absolute Gasteiger partial charge is 0.492 e. The molecule has 0 atom stereocenters. The highest BCUT2D eigenvalue weighted by Gasteiger charge is 2.18. The second-order valence-electron chi connectivity index (χ2n) is 5.99. The molecule has 5 heteroatoms. The molecule has 1 N–H and O–H groups in total. The van der Waals surface area contributed by atoms with Crippen molar-refractivity contribution in [2.75, 3.05) is 13.2 Å². The zero-order valence-electron chi connectivity index (χ0n) is 13.1. The lowest BCUT2D eigenvalue weighted by atomic mass is 10.1. The van der Waals surface area contributed by atoms with Crippen LogP contribution < -0.4 is 4.74 Å². The van der Waals surface area contributed by atoms with Crippen LogP contribution in [-0.4, -0.2) is 28.1 Å². The first-order chi connectivity index (χ1) is 10.7. The Morgan fingerprint density at radius 1 is 1.36 bits per heavy atom. The molecule has 0 saturated carbocycles. The number of ether oxygens (including phenoxy) is 1. The summed E-state index contributed by atoms with van der Waals surface area (Å²) in [4.78, 5) is 6.82. The molecule has 0 bridgehead atoms. The molecule has 1 aromatic carbocycles. The van der Waals surface area contributed by atoms with Crippen LogP contribution in [0.5, 0.6) is 5.75 Å². The smallest absolute Gasteiger partial charge is 0.196 e. The third kappa shape index (κ3) is 3.31. The van der Waals surface area contributed by atoms with Crippen LogP contribution in [0.3, 0.4) is 0 Å². The highest BCUT2D eigenvalue weighted by molar-refractivity contribution is 5.37. The summed E-state index contributed by atoms with van der Waals surface area (Å²) in [6, 6.07) is 5.86. The van der Waals surface area contributed by atoms with Crippen LogP contribution in [0.2, 0.25) is 0 Å². The van der Waals surface area contributed by atoms with E-state index >= 15 is 0 Å². The molecule has 2 aromatic rings. The first kappa shape index (κ1) is 15.1. The van der Waals surface area contributed by atoms with E-state index in [0.717, 1.165) is 48.1 Å². The van der Waals surface area contributed by atoms with E-state index < -0.39 is 0 Å². The zero-order chi connectivity index (χ0) is 15.5. The minimum absolute atomic E-state index is 0.0499. The Morgan fingerprint density at radius 3 is 2.95 bits per heavy atom. The first-order valence-corrected chi connectivity index (χ1v) is 7.68. The van der Waals surface area contributed by atoms with Crippen molar-refractivity contribution in [2.24, 2.45) is 0 Å². The molecular formula is C17H22N2O3. The molecule has 3 rings (SSSR count). The molecule has 1 aromatic heterocycles. The van der Waals surface area contributed by atoms with Crippen LogP contribution in [0.4, 0.5) is 0 Å². The molecular weight excluding hydrogens is 280 g/mol. The molecule has 0 radical (unpaired) electrons. The summed E-state index contributed by atoms with van der Waals surface area (Å²) in [7, 11) is 0. The summed E-state index contributed by atoms with van der Waals surface area (Å²) in [5, 5.41) is 9.29. The van der Waals surface area contributed by atoms with Crippen LogP contribution in [0.25, 0.3) is 0 Å². The van der Waals surface area contributed by atoms with Crippen molar-refractivity contribution in [1.82, 2.24) is 9.88 Å². The normalized spacial score (nSPS) is 15.5. The second kappa shape index (κ2) is 6.50. The van der Waals surface area contributed by atoms with Crippen molar-refractivity contribution in [2.45, 2.75) is 39.5 Å². The molecule has 5 nitrogen and oxygen atoms in total. The van der Waals surface area contributed by atoms with Crippen molar-refractivity contribution in [3.63, 3.8) is 0 Å². The maximum atomic E-state index is 9.29. The fraction of sp³-hybridized carbons (Fsp3) is 0.471. The van der Waals surface area contributed by atoms with Crippen molar-refractivity contribution in [1.29, 1.82) is 0 Å². The van der Waals surface area contributed by atoms with Crippen molar-refractivity contribution < 1.29 is 14.3 Å². The third-order valence-corrected chi connectivity index (χ3v) is 3.82. The minimum atomic E-state index is 0.0499. The maximum absolute atomic E-state index is 9.29. The van der Waals surface area contributed by atoms with Crippen molar-refractivity contribution >= 4 is 0 Å². The van der Waals surface area contributed by atoms with Gasteiger partial charge in [-0.2, -0.15) is 0 Å². The van der Waals surface area contributed by atoms with Gasteiger partial charge in [-0.1, -0.05) is 19.9 Å². The van der Waals surface area contributed by atoms with Gasteiger partial charge >= 0.3 is 0 Å². The average molecular weight is 302 g/mol. The lowest BCUT2D eigenvalue weighted by Crippen LogP contribution is -2.25. The van der Waals surface area contributed by atoms with E-state index in [1.165, 1.54) is 0 Å². The molecule has 0 amide bonds. The molecule has 0 fully saturated rings.